The minimum Gasteiger partial charge on any atom is -0.375 e. The van der Waals surface area contributed by atoms with Crippen LogP contribution in [-0.2, 0) is 0 Å². The summed E-state index contributed by atoms with van der Waals surface area (Å²) in [6.45, 7) is 8.95. The lowest BCUT2D eigenvalue weighted by atomic mass is 9.93. The van der Waals surface area contributed by atoms with Crippen LogP contribution in [0.15, 0.2) is 42.6 Å². The van der Waals surface area contributed by atoms with Gasteiger partial charge in [0.15, 0.2) is 0 Å². The first-order valence-electron chi connectivity index (χ1n) is 6.31. The molecule has 1 unspecified atom stereocenters. The van der Waals surface area contributed by atoms with Gasteiger partial charge in [-0.15, -0.1) is 0 Å². The predicted octanol–water partition coefficient (Wildman–Crippen LogP) is 3.79. The van der Waals surface area contributed by atoms with Crippen LogP contribution in [-0.4, -0.2) is 18.0 Å². The average molecular weight is 215 g/mol. The summed E-state index contributed by atoms with van der Waals surface area (Å²) in [5, 5.41) is 0. The summed E-state index contributed by atoms with van der Waals surface area (Å²) in [4.78, 5) is 2.46. The lowest BCUT2D eigenvalue weighted by molar-refractivity contribution is 0.391. The van der Waals surface area contributed by atoms with E-state index in [1.807, 2.05) is 0 Å². The van der Waals surface area contributed by atoms with Crippen LogP contribution in [0.5, 0.6) is 0 Å². The van der Waals surface area contributed by atoms with Crippen LogP contribution in [0.1, 0.15) is 37.7 Å². The molecule has 86 valence electrons. The van der Waals surface area contributed by atoms with Crippen LogP contribution in [0.2, 0.25) is 0 Å². The van der Waals surface area contributed by atoms with Gasteiger partial charge in [-0.05, 0) is 24.8 Å². The third kappa shape index (κ3) is 2.29. The van der Waals surface area contributed by atoms with Crippen LogP contribution in [0.3, 0.4) is 0 Å². The van der Waals surface area contributed by atoms with Crippen molar-refractivity contribution < 1.29 is 0 Å². The molecule has 1 fully saturated rings. The summed E-state index contributed by atoms with van der Waals surface area (Å²) < 4.78 is 0. The zero-order valence-electron chi connectivity index (χ0n) is 10.2. The first-order chi connectivity index (χ1) is 7.83. The maximum Gasteiger partial charge on any atom is 0.0231 e. The molecule has 16 heavy (non-hydrogen) atoms. The van der Waals surface area contributed by atoms with Crippen molar-refractivity contribution in [2.24, 2.45) is 0 Å². The van der Waals surface area contributed by atoms with E-state index in [0.29, 0.717) is 5.92 Å². The van der Waals surface area contributed by atoms with Crippen LogP contribution in [0.25, 0.3) is 0 Å². The van der Waals surface area contributed by atoms with Crippen molar-refractivity contribution in [3.8, 4) is 0 Å². The molecular formula is C15H21N. The number of allylic oxidation sites excluding steroid dienone is 1. The lowest BCUT2D eigenvalue weighted by Gasteiger charge is -2.27. The Balaban J connectivity index is 2.13. The molecule has 1 aliphatic rings. The third-order valence-corrected chi connectivity index (χ3v) is 3.52. The van der Waals surface area contributed by atoms with E-state index in [1.165, 1.54) is 37.2 Å². The molecule has 0 radical (unpaired) electrons. The van der Waals surface area contributed by atoms with Crippen LogP contribution < -0.4 is 0 Å². The van der Waals surface area contributed by atoms with Gasteiger partial charge in [-0.25, -0.2) is 0 Å². The first-order valence-corrected chi connectivity index (χ1v) is 6.31. The fourth-order valence-corrected chi connectivity index (χ4v) is 2.57. The summed E-state index contributed by atoms with van der Waals surface area (Å²) >= 11 is 0. The van der Waals surface area contributed by atoms with Gasteiger partial charge in [0.05, 0.1) is 0 Å². The van der Waals surface area contributed by atoms with Gasteiger partial charge in [0, 0.05) is 24.7 Å². The molecule has 1 aromatic carbocycles. The highest BCUT2D eigenvalue weighted by atomic mass is 15.1. The van der Waals surface area contributed by atoms with Crippen LogP contribution in [0.4, 0.5) is 0 Å². The van der Waals surface area contributed by atoms with Crippen molar-refractivity contribution in [1.82, 2.24) is 4.90 Å². The van der Waals surface area contributed by atoms with Crippen LogP contribution in [0, 0.1) is 0 Å². The summed E-state index contributed by atoms with van der Waals surface area (Å²) in [6, 6.07) is 10.8. The minimum atomic E-state index is 0.499. The lowest BCUT2D eigenvalue weighted by Crippen LogP contribution is -2.22. The largest absolute Gasteiger partial charge is 0.375 e. The fourth-order valence-electron chi connectivity index (χ4n) is 2.57. The first kappa shape index (κ1) is 11.3. The van der Waals surface area contributed by atoms with E-state index in [0.717, 1.165) is 6.42 Å². The molecule has 1 saturated heterocycles. The van der Waals surface area contributed by atoms with Crippen LogP contribution >= 0.6 is 0 Å². The molecule has 0 N–H and O–H groups in total. The maximum absolute atomic E-state index is 4.31. The van der Waals surface area contributed by atoms with Gasteiger partial charge in [-0.3, -0.25) is 0 Å². The molecule has 1 aromatic rings. The van der Waals surface area contributed by atoms with Crippen molar-refractivity contribution in [2.75, 3.05) is 13.1 Å². The molecule has 2 rings (SSSR count). The van der Waals surface area contributed by atoms with E-state index in [-0.39, 0.29) is 0 Å². The second-order valence-electron chi connectivity index (χ2n) is 4.56. The molecule has 1 atom stereocenters. The zero-order chi connectivity index (χ0) is 11.4. The molecule has 0 aliphatic carbocycles. The Morgan fingerprint density at radius 2 is 1.88 bits per heavy atom. The summed E-state index contributed by atoms with van der Waals surface area (Å²) in [5.41, 5.74) is 2.72. The standard InChI is InChI=1S/C15H21N/c1-3-15(14-9-5-4-6-10-14)13(2)16-11-7-8-12-16/h4-6,9-10,15H,2-3,7-8,11-12H2,1H3. The number of benzene rings is 1. The third-order valence-electron chi connectivity index (χ3n) is 3.52. The molecule has 0 bridgehead atoms. The molecule has 0 aromatic heterocycles. The van der Waals surface area contributed by atoms with Crippen molar-refractivity contribution in [1.29, 1.82) is 0 Å². The van der Waals surface area contributed by atoms with Crippen molar-refractivity contribution in [3.63, 3.8) is 0 Å². The Bertz CT molecular complexity index is 336. The average Bonchev–Trinajstić information content (AvgIpc) is 2.85. The Labute approximate surface area is 98.8 Å². The normalized spacial score (nSPS) is 17.4. The zero-order valence-corrected chi connectivity index (χ0v) is 10.2. The van der Waals surface area contributed by atoms with E-state index in [1.54, 1.807) is 0 Å². The van der Waals surface area contributed by atoms with E-state index < -0.39 is 0 Å². The number of rotatable bonds is 4. The van der Waals surface area contributed by atoms with E-state index in [4.69, 9.17) is 0 Å². The van der Waals surface area contributed by atoms with Gasteiger partial charge in [0.1, 0.15) is 0 Å². The predicted molar refractivity (Wildman–Crippen MR) is 69.4 cm³/mol. The Morgan fingerprint density at radius 1 is 1.25 bits per heavy atom. The van der Waals surface area contributed by atoms with E-state index in [2.05, 4.69) is 48.7 Å². The molecule has 0 saturated carbocycles. The van der Waals surface area contributed by atoms with E-state index in [9.17, 15) is 0 Å². The maximum atomic E-state index is 4.31. The SMILES string of the molecule is C=C(C(CC)c1ccccc1)N1CCCC1. The molecular weight excluding hydrogens is 194 g/mol. The Morgan fingerprint density at radius 3 is 2.44 bits per heavy atom. The number of hydrogen-bond donors (Lipinski definition) is 0. The highest BCUT2D eigenvalue weighted by Crippen LogP contribution is 2.30. The van der Waals surface area contributed by atoms with Crippen molar-refractivity contribution in [3.05, 3.63) is 48.2 Å². The van der Waals surface area contributed by atoms with Gasteiger partial charge in [-0.1, -0.05) is 43.8 Å². The molecule has 1 heterocycles. The number of nitrogens with zero attached hydrogens (tertiary/aromatic N) is 1. The van der Waals surface area contributed by atoms with Gasteiger partial charge in [-0.2, -0.15) is 0 Å². The van der Waals surface area contributed by atoms with Gasteiger partial charge in [0.2, 0.25) is 0 Å². The molecule has 1 heteroatoms. The second kappa shape index (κ2) is 5.20. The highest BCUT2D eigenvalue weighted by molar-refractivity contribution is 5.27. The number of likely N-dealkylation sites (tertiary alicyclic amines) is 1. The summed E-state index contributed by atoms with van der Waals surface area (Å²) in [5.74, 6) is 0.499. The summed E-state index contributed by atoms with van der Waals surface area (Å²) in [6.07, 6.45) is 3.79. The van der Waals surface area contributed by atoms with Gasteiger partial charge in [0.25, 0.3) is 0 Å². The van der Waals surface area contributed by atoms with Crippen molar-refractivity contribution >= 4 is 0 Å². The molecule has 0 amide bonds. The monoisotopic (exact) mass is 215 g/mol. The second-order valence-corrected chi connectivity index (χ2v) is 4.56. The smallest absolute Gasteiger partial charge is 0.0231 e. The number of hydrogen-bond acceptors (Lipinski definition) is 1. The fraction of sp³-hybridized carbons (Fsp3) is 0.467. The molecule has 1 nitrogen and oxygen atoms in total. The quantitative estimate of drug-likeness (QED) is 0.738. The molecule has 0 spiro atoms. The Hall–Kier alpha value is -1.24. The van der Waals surface area contributed by atoms with Crippen molar-refractivity contribution in [2.45, 2.75) is 32.1 Å². The van der Waals surface area contributed by atoms with Gasteiger partial charge < -0.3 is 4.90 Å². The minimum absolute atomic E-state index is 0.499. The topological polar surface area (TPSA) is 3.24 Å². The highest BCUT2D eigenvalue weighted by Gasteiger charge is 2.20. The van der Waals surface area contributed by atoms with E-state index >= 15 is 0 Å². The Kier molecular flexibility index (Phi) is 3.66. The summed E-state index contributed by atoms with van der Waals surface area (Å²) in [7, 11) is 0. The molecule has 1 aliphatic heterocycles. The van der Waals surface area contributed by atoms with Gasteiger partial charge >= 0.3 is 0 Å².